The van der Waals surface area contributed by atoms with Crippen molar-refractivity contribution in [3.8, 4) is 11.5 Å². The number of para-hydroxylation sites is 2. The molecule has 0 aromatic heterocycles. The predicted molar refractivity (Wildman–Crippen MR) is 150 cm³/mol. The second kappa shape index (κ2) is 10.4. The van der Waals surface area contributed by atoms with Crippen molar-refractivity contribution in [2.45, 2.75) is 18.4 Å². The van der Waals surface area contributed by atoms with Crippen LogP contribution >= 0.6 is 0 Å². The minimum atomic E-state index is -3.68. The van der Waals surface area contributed by atoms with Crippen LogP contribution in [0.5, 0.6) is 11.5 Å². The number of fused-ring (bicyclic) bond motifs is 2. The van der Waals surface area contributed by atoms with Gasteiger partial charge in [-0.3, -0.25) is 9.59 Å². The van der Waals surface area contributed by atoms with E-state index in [4.69, 9.17) is 4.74 Å². The minimum absolute atomic E-state index is 0.105. The van der Waals surface area contributed by atoms with Crippen molar-refractivity contribution < 1.29 is 22.7 Å². The third-order valence-corrected chi connectivity index (χ3v) is 8.35. The standard InChI is InChI=1S/C30H27N3O5S/c1-20-8-4-5-9-25(20)29(34)31-23-14-12-21(13-15-23)30(35)33-19-22-18-24(39(36,37)32(2)3)16-17-27(22)38-28-11-7-6-10-26(28)33/h4-18H,19H2,1-3H3,(H,31,34). The monoisotopic (exact) mass is 541 g/mol. The Morgan fingerprint density at radius 3 is 2.28 bits per heavy atom. The molecule has 0 unspecified atom stereocenters. The van der Waals surface area contributed by atoms with E-state index in [1.54, 1.807) is 59.5 Å². The smallest absolute Gasteiger partial charge is 0.258 e. The van der Waals surface area contributed by atoms with Gasteiger partial charge in [0.1, 0.15) is 5.75 Å². The van der Waals surface area contributed by atoms with Crippen LogP contribution in [0.2, 0.25) is 0 Å². The van der Waals surface area contributed by atoms with Gasteiger partial charge in [0.05, 0.1) is 17.1 Å². The van der Waals surface area contributed by atoms with E-state index in [9.17, 15) is 18.0 Å². The molecule has 0 saturated carbocycles. The number of ether oxygens (including phenoxy) is 1. The van der Waals surface area contributed by atoms with Crippen LogP contribution in [0.25, 0.3) is 0 Å². The number of hydrogen-bond donors (Lipinski definition) is 1. The average molecular weight is 542 g/mol. The van der Waals surface area contributed by atoms with Gasteiger partial charge in [-0.2, -0.15) is 0 Å². The number of hydrogen-bond acceptors (Lipinski definition) is 5. The molecule has 4 aromatic rings. The number of benzene rings is 4. The first-order chi connectivity index (χ1) is 18.6. The van der Waals surface area contributed by atoms with Crippen LogP contribution in [0, 0.1) is 6.92 Å². The summed E-state index contributed by atoms with van der Waals surface area (Å²) >= 11 is 0. The highest BCUT2D eigenvalue weighted by atomic mass is 32.2. The van der Waals surface area contributed by atoms with E-state index >= 15 is 0 Å². The van der Waals surface area contributed by atoms with Crippen LogP contribution in [-0.4, -0.2) is 38.6 Å². The zero-order valence-corrected chi connectivity index (χ0v) is 22.5. The highest BCUT2D eigenvalue weighted by Crippen LogP contribution is 2.40. The Morgan fingerprint density at radius 1 is 0.872 bits per heavy atom. The van der Waals surface area contributed by atoms with Gasteiger partial charge in [-0.15, -0.1) is 0 Å². The first kappa shape index (κ1) is 26.1. The molecule has 0 saturated heterocycles. The lowest BCUT2D eigenvalue weighted by Crippen LogP contribution is -2.30. The van der Waals surface area contributed by atoms with Crippen molar-refractivity contribution in [2.24, 2.45) is 0 Å². The summed E-state index contributed by atoms with van der Waals surface area (Å²) < 4.78 is 32.8. The predicted octanol–water partition coefficient (Wildman–Crippen LogP) is 5.45. The summed E-state index contributed by atoms with van der Waals surface area (Å²) in [5.74, 6) is 0.432. The highest BCUT2D eigenvalue weighted by Gasteiger charge is 2.28. The normalized spacial score (nSPS) is 12.7. The van der Waals surface area contributed by atoms with E-state index in [2.05, 4.69) is 5.32 Å². The molecular weight excluding hydrogens is 514 g/mol. The van der Waals surface area contributed by atoms with Gasteiger partial charge >= 0.3 is 0 Å². The summed E-state index contributed by atoms with van der Waals surface area (Å²) in [4.78, 5) is 28.1. The molecular formula is C30H27N3O5S. The number of rotatable bonds is 5. The molecule has 0 spiro atoms. The Labute approximate surface area is 227 Å². The molecule has 2 amide bonds. The van der Waals surface area contributed by atoms with Gasteiger partial charge in [-0.25, -0.2) is 12.7 Å². The van der Waals surface area contributed by atoms with E-state index in [0.29, 0.717) is 39.6 Å². The molecule has 0 radical (unpaired) electrons. The topological polar surface area (TPSA) is 96.0 Å². The molecule has 4 aromatic carbocycles. The maximum absolute atomic E-state index is 13.8. The molecule has 0 fully saturated rings. The van der Waals surface area contributed by atoms with Crippen molar-refractivity contribution in [2.75, 3.05) is 24.3 Å². The molecule has 198 valence electrons. The number of aryl methyl sites for hydroxylation is 1. The summed E-state index contributed by atoms with van der Waals surface area (Å²) in [6.45, 7) is 1.98. The zero-order chi connectivity index (χ0) is 27.7. The fraction of sp³-hybridized carbons (Fsp3) is 0.133. The lowest BCUT2D eigenvalue weighted by Gasteiger charge is -2.22. The van der Waals surface area contributed by atoms with Gasteiger partial charge in [-0.1, -0.05) is 30.3 Å². The van der Waals surface area contributed by atoms with E-state index in [1.165, 1.54) is 20.2 Å². The van der Waals surface area contributed by atoms with Crippen molar-refractivity contribution in [1.82, 2.24) is 4.31 Å². The second-order valence-electron chi connectivity index (χ2n) is 9.36. The zero-order valence-electron chi connectivity index (χ0n) is 21.7. The first-order valence-corrected chi connectivity index (χ1v) is 13.7. The lowest BCUT2D eigenvalue weighted by molar-refractivity contribution is 0.0984. The van der Waals surface area contributed by atoms with E-state index < -0.39 is 10.0 Å². The summed E-state index contributed by atoms with van der Waals surface area (Å²) in [5, 5.41) is 2.87. The largest absolute Gasteiger partial charge is 0.455 e. The van der Waals surface area contributed by atoms with Gasteiger partial charge in [0.25, 0.3) is 11.8 Å². The van der Waals surface area contributed by atoms with Gasteiger partial charge in [0.2, 0.25) is 10.0 Å². The third-order valence-electron chi connectivity index (χ3n) is 6.54. The van der Waals surface area contributed by atoms with Crippen LogP contribution in [0.4, 0.5) is 11.4 Å². The van der Waals surface area contributed by atoms with E-state index in [0.717, 1.165) is 9.87 Å². The van der Waals surface area contributed by atoms with Crippen LogP contribution in [0.1, 0.15) is 31.8 Å². The summed E-state index contributed by atoms with van der Waals surface area (Å²) in [6, 6.07) is 25.8. The quantitative estimate of drug-likeness (QED) is 0.363. The molecule has 1 heterocycles. The average Bonchev–Trinajstić information content (AvgIpc) is 3.09. The molecule has 1 aliphatic heterocycles. The lowest BCUT2D eigenvalue weighted by atomic mass is 10.1. The van der Waals surface area contributed by atoms with Crippen LogP contribution in [0.15, 0.2) is 95.9 Å². The molecule has 1 aliphatic rings. The van der Waals surface area contributed by atoms with Crippen LogP contribution < -0.4 is 15.0 Å². The minimum Gasteiger partial charge on any atom is -0.455 e. The number of nitrogens with one attached hydrogen (secondary N) is 1. The SMILES string of the molecule is Cc1ccccc1C(=O)Nc1ccc(C(=O)N2Cc3cc(S(=O)(=O)N(C)C)ccc3Oc3ccccc32)cc1. The fourth-order valence-electron chi connectivity index (χ4n) is 4.35. The van der Waals surface area contributed by atoms with E-state index in [1.807, 2.05) is 37.3 Å². The number of anilines is 2. The molecule has 39 heavy (non-hydrogen) atoms. The van der Waals surface area contributed by atoms with Crippen LogP contribution in [0.3, 0.4) is 0 Å². The molecule has 9 heteroatoms. The van der Waals surface area contributed by atoms with Crippen molar-refractivity contribution in [3.63, 3.8) is 0 Å². The van der Waals surface area contributed by atoms with Crippen molar-refractivity contribution >= 4 is 33.2 Å². The number of carbonyl (C=O) groups excluding carboxylic acids is 2. The molecule has 8 nitrogen and oxygen atoms in total. The maximum Gasteiger partial charge on any atom is 0.258 e. The van der Waals surface area contributed by atoms with Crippen molar-refractivity contribution in [3.05, 3.63) is 113 Å². The van der Waals surface area contributed by atoms with Crippen LogP contribution in [-0.2, 0) is 16.6 Å². The molecule has 0 bridgehead atoms. The summed E-state index contributed by atoms with van der Waals surface area (Å²) in [6.07, 6.45) is 0. The molecule has 0 atom stereocenters. The molecule has 1 N–H and O–H groups in total. The fourth-order valence-corrected chi connectivity index (χ4v) is 5.30. The Kier molecular flexibility index (Phi) is 6.94. The van der Waals surface area contributed by atoms with Gasteiger partial charge in [0.15, 0.2) is 5.75 Å². The Bertz CT molecular complexity index is 1680. The Hall–Kier alpha value is -4.47. The van der Waals surface area contributed by atoms with Gasteiger partial charge in [0, 0.05) is 36.5 Å². The summed E-state index contributed by atoms with van der Waals surface area (Å²) in [5.41, 5.74) is 3.53. The van der Waals surface area contributed by atoms with Crippen molar-refractivity contribution in [1.29, 1.82) is 0 Å². The van der Waals surface area contributed by atoms with E-state index in [-0.39, 0.29) is 23.3 Å². The van der Waals surface area contributed by atoms with Gasteiger partial charge in [-0.05, 0) is 73.2 Å². The Morgan fingerprint density at radius 2 is 1.56 bits per heavy atom. The Balaban J connectivity index is 1.45. The maximum atomic E-state index is 13.8. The molecule has 5 rings (SSSR count). The number of sulfonamides is 1. The first-order valence-electron chi connectivity index (χ1n) is 12.3. The third kappa shape index (κ3) is 5.14. The second-order valence-corrected chi connectivity index (χ2v) is 11.5. The summed E-state index contributed by atoms with van der Waals surface area (Å²) in [7, 11) is -0.740. The molecule has 0 aliphatic carbocycles. The number of amides is 2. The number of nitrogens with zero attached hydrogens (tertiary/aromatic N) is 2. The number of carbonyl (C=O) groups is 2. The van der Waals surface area contributed by atoms with Gasteiger partial charge < -0.3 is 15.0 Å². The highest BCUT2D eigenvalue weighted by molar-refractivity contribution is 7.89.